The number of halogens is 1. The first kappa shape index (κ1) is 11.8. The molecule has 0 aromatic heterocycles. The summed E-state index contributed by atoms with van der Waals surface area (Å²) in [6.07, 6.45) is 2.23. The fourth-order valence-corrected chi connectivity index (χ4v) is 2.13. The summed E-state index contributed by atoms with van der Waals surface area (Å²) in [4.78, 5) is 12.4. The number of carbonyl (C=O) groups excluding carboxylic acids is 1. The first-order valence-corrected chi connectivity index (χ1v) is 5.53. The summed E-state index contributed by atoms with van der Waals surface area (Å²) in [5.74, 6) is 0.755. The monoisotopic (exact) mass is 252 g/mol. The van der Waals surface area contributed by atoms with Gasteiger partial charge in [-0.25, -0.2) is 0 Å². The van der Waals surface area contributed by atoms with Gasteiger partial charge in [-0.15, -0.1) is 0 Å². The number of hydrogen-bond acceptors (Lipinski definition) is 3. The highest BCUT2D eigenvalue weighted by Crippen LogP contribution is 2.36. The second-order valence-corrected chi connectivity index (χ2v) is 4.15. The van der Waals surface area contributed by atoms with Crippen LogP contribution in [0.15, 0.2) is 24.3 Å². The number of likely N-dealkylation sites (N-methyl/N-ethyl adjacent to an activating group) is 1. The molecule has 2 rings (SSSR count). The summed E-state index contributed by atoms with van der Waals surface area (Å²) in [7, 11) is 3.51. The Bertz CT molecular complexity index is 474. The maximum Gasteiger partial charge on any atom is 0.208 e. The smallest absolute Gasteiger partial charge is 0.208 e. The van der Waals surface area contributed by atoms with Gasteiger partial charge >= 0.3 is 0 Å². The van der Waals surface area contributed by atoms with Gasteiger partial charge in [-0.05, 0) is 24.3 Å². The first-order chi connectivity index (χ1) is 8.17. The molecule has 4 nitrogen and oxygen atoms in total. The first-order valence-electron chi connectivity index (χ1n) is 5.15. The lowest BCUT2D eigenvalue weighted by atomic mass is 10.1. The van der Waals surface area contributed by atoms with Crippen LogP contribution in [0.2, 0.25) is 0 Å². The SMILES string of the molecule is COc1ccc2c(c1)C(Cl)=CC(NC=O)N2C. The highest BCUT2D eigenvalue weighted by Gasteiger charge is 2.22. The van der Waals surface area contributed by atoms with Crippen LogP contribution in [0.3, 0.4) is 0 Å². The van der Waals surface area contributed by atoms with Crippen LogP contribution < -0.4 is 15.0 Å². The molecule has 1 amide bonds. The van der Waals surface area contributed by atoms with E-state index >= 15 is 0 Å². The van der Waals surface area contributed by atoms with E-state index in [-0.39, 0.29) is 6.17 Å². The largest absolute Gasteiger partial charge is 0.497 e. The van der Waals surface area contributed by atoms with Crippen molar-refractivity contribution in [1.82, 2.24) is 5.32 Å². The Morgan fingerprint density at radius 1 is 1.53 bits per heavy atom. The van der Waals surface area contributed by atoms with Gasteiger partial charge in [-0.3, -0.25) is 4.79 Å². The number of rotatable bonds is 3. The quantitative estimate of drug-likeness (QED) is 0.834. The van der Waals surface area contributed by atoms with E-state index in [4.69, 9.17) is 16.3 Å². The Hall–Kier alpha value is -1.68. The third-order valence-corrected chi connectivity index (χ3v) is 3.13. The molecule has 0 saturated heterocycles. The second-order valence-electron chi connectivity index (χ2n) is 3.74. The average Bonchev–Trinajstić information content (AvgIpc) is 2.35. The Morgan fingerprint density at radius 2 is 2.29 bits per heavy atom. The van der Waals surface area contributed by atoms with Crippen molar-refractivity contribution in [2.45, 2.75) is 6.17 Å². The molecule has 0 radical (unpaired) electrons. The number of anilines is 1. The van der Waals surface area contributed by atoms with E-state index in [9.17, 15) is 4.79 Å². The average molecular weight is 253 g/mol. The third-order valence-electron chi connectivity index (χ3n) is 2.80. The summed E-state index contributed by atoms with van der Waals surface area (Å²) in [5, 5.41) is 3.30. The zero-order chi connectivity index (χ0) is 12.4. The molecule has 1 aromatic carbocycles. The number of nitrogens with one attached hydrogen (secondary N) is 1. The van der Waals surface area contributed by atoms with Crippen molar-refractivity contribution in [1.29, 1.82) is 0 Å². The molecule has 1 atom stereocenters. The van der Waals surface area contributed by atoms with E-state index < -0.39 is 0 Å². The highest BCUT2D eigenvalue weighted by atomic mass is 35.5. The number of ether oxygens (including phenoxy) is 1. The molecule has 0 saturated carbocycles. The molecule has 1 aliphatic rings. The molecule has 1 N–H and O–H groups in total. The van der Waals surface area contributed by atoms with Crippen LogP contribution in [0.25, 0.3) is 5.03 Å². The van der Waals surface area contributed by atoms with Gasteiger partial charge in [0.1, 0.15) is 11.9 Å². The number of hydrogen-bond donors (Lipinski definition) is 1. The van der Waals surface area contributed by atoms with E-state index in [1.807, 2.05) is 30.1 Å². The van der Waals surface area contributed by atoms with E-state index in [1.165, 1.54) is 0 Å². The fraction of sp³-hybridized carbons (Fsp3) is 0.250. The topological polar surface area (TPSA) is 41.6 Å². The standard InChI is InChI=1S/C12H13ClN2O2/c1-15-11-4-3-8(17-2)5-9(11)10(13)6-12(15)14-7-16/h3-7,12H,1-2H3,(H,14,16). The summed E-state index contributed by atoms with van der Waals surface area (Å²) in [6, 6.07) is 5.66. The predicted octanol–water partition coefficient (Wildman–Crippen LogP) is 1.80. The minimum absolute atomic E-state index is 0.221. The van der Waals surface area contributed by atoms with Gasteiger partial charge < -0.3 is 15.0 Å². The zero-order valence-corrected chi connectivity index (χ0v) is 10.4. The number of carbonyl (C=O) groups is 1. The zero-order valence-electron chi connectivity index (χ0n) is 9.61. The Kier molecular flexibility index (Phi) is 3.24. The molecule has 0 aliphatic carbocycles. The third kappa shape index (κ3) is 2.08. The van der Waals surface area contributed by atoms with E-state index in [0.717, 1.165) is 17.0 Å². The van der Waals surface area contributed by atoms with Gasteiger partial charge in [0, 0.05) is 23.3 Å². The van der Waals surface area contributed by atoms with Gasteiger partial charge in [0.05, 0.1) is 7.11 Å². The molecule has 0 spiro atoms. The van der Waals surface area contributed by atoms with Gasteiger partial charge in [-0.2, -0.15) is 0 Å². The molecular weight excluding hydrogens is 240 g/mol. The normalized spacial score (nSPS) is 18.2. The van der Waals surface area contributed by atoms with Crippen molar-refractivity contribution in [2.24, 2.45) is 0 Å². The minimum atomic E-state index is -0.221. The summed E-state index contributed by atoms with van der Waals surface area (Å²) in [5.41, 5.74) is 1.86. The van der Waals surface area contributed by atoms with Crippen molar-refractivity contribution in [3.8, 4) is 5.75 Å². The minimum Gasteiger partial charge on any atom is -0.497 e. The molecule has 17 heavy (non-hydrogen) atoms. The van der Waals surface area contributed by atoms with Crippen LogP contribution in [-0.4, -0.2) is 26.7 Å². The summed E-state index contributed by atoms with van der Waals surface area (Å²) < 4.78 is 5.16. The molecule has 1 aromatic rings. The van der Waals surface area contributed by atoms with Crippen molar-refractivity contribution >= 4 is 28.7 Å². The Balaban J connectivity index is 2.44. The van der Waals surface area contributed by atoms with Crippen LogP contribution >= 0.6 is 11.6 Å². The van der Waals surface area contributed by atoms with Crippen molar-refractivity contribution in [3.63, 3.8) is 0 Å². The molecule has 5 heteroatoms. The number of methoxy groups -OCH3 is 1. The maximum atomic E-state index is 10.5. The Labute approximate surface area is 105 Å². The number of benzene rings is 1. The van der Waals surface area contributed by atoms with Crippen LogP contribution in [0.4, 0.5) is 5.69 Å². The van der Waals surface area contributed by atoms with Crippen LogP contribution in [-0.2, 0) is 4.79 Å². The van der Waals surface area contributed by atoms with E-state index in [2.05, 4.69) is 5.32 Å². The highest BCUT2D eigenvalue weighted by molar-refractivity contribution is 6.49. The van der Waals surface area contributed by atoms with Crippen LogP contribution in [0.5, 0.6) is 5.75 Å². The van der Waals surface area contributed by atoms with Gasteiger partial charge in [0.2, 0.25) is 6.41 Å². The summed E-state index contributed by atoms with van der Waals surface area (Å²) >= 11 is 6.19. The summed E-state index contributed by atoms with van der Waals surface area (Å²) in [6.45, 7) is 0. The fourth-order valence-electron chi connectivity index (χ4n) is 1.86. The lowest BCUT2D eigenvalue weighted by Crippen LogP contribution is -2.43. The van der Waals surface area contributed by atoms with Crippen molar-refractivity contribution in [3.05, 3.63) is 29.8 Å². The van der Waals surface area contributed by atoms with Crippen LogP contribution in [0.1, 0.15) is 5.56 Å². The molecule has 0 fully saturated rings. The maximum absolute atomic E-state index is 10.5. The molecule has 1 aliphatic heterocycles. The molecular formula is C12H13ClN2O2. The second kappa shape index (κ2) is 4.67. The molecule has 0 bridgehead atoms. The van der Waals surface area contributed by atoms with E-state index in [1.54, 1.807) is 13.2 Å². The molecule has 1 heterocycles. The van der Waals surface area contributed by atoms with Crippen LogP contribution in [0, 0.1) is 0 Å². The van der Waals surface area contributed by atoms with E-state index in [0.29, 0.717) is 11.4 Å². The van der Waals surface area contributed by atoms with Crippen molar-refractivity contribution in [2.75, 3.05) is 19.1 Å². The van der Waals surface area contributed by atoms with Gasteiger partial charge in [0.25, 0.3) is 0 Å². The lowest BCUT2D eigenvalue weighted by Gasteiger charge is -2.33. The van der Waals surface area contributed by atoms with Gasteiger partial charge in [0.15, 0.2) is 0 Å². The number of nitrogens with zero attached hydrogens (tertiary/aromatic N) is 1. The van der Waals surface area contributed by atoms with Gasteiger partial charge in [-0.1, -0.05) is 11.6 Å². The number of fused-ring (bicyclic) bond motifs is 1. The lowest BCUT2D eigenvalue weighted by molar-refractivity contribution is -0.109. The molecule has 1 unspecified atom stereocenters. The van der Waals surface area contributed by atoms with Crippen molar-refractivity contribution < 1.29 is 9.53 Å². The molecule has 90 valence electrons. The number of amides is 1. The predicted molar refractivity (Wildman–Crippen MR) is 68.2 cm³/mol. The Morgan fingerprint density at radius 3 is 2.94 bits per heavy atom.